The summed E-state index contributed by atoms with van der Waals surface area (Å²) >= 11 is 0. The molecule has 0 aliphatic heterocycles. The van der Waals surface area contributed by atoms with Gasteiger partial charge in [0.1, 0.15) is 0 Å². The highest BCUT2D eigenvalue weighted by atomic mass is 16.5. The minimum atomic E-state index is -2.07. The Morgan fingerprint density at radius 2 is 1.52 bits per heavy atom. The summed E-state index contributed by atoms with van der Waals surface area (Å²) in [6.45, 7) is 0. The van der Waals surface area contributed by atoms with Crippen molar-refractivity contribution in [2.45, 2.75) is 5.79 Å². The Hall–Kier alpha value is -2.56. The average Bonchev–Trinajstić information content (AvgIpc) is 2.77. The maximum Gasteiger partial charge on any atom is 0.222 e. The number of aromatic nitrogens is 2. The van der Waals surface area contributed by atoms with E-state index in [-0.39, 0.29) is 0 Å². The maximum absolute atomic E-state index is 10.6. The quantitative estimate of drug-likeness (QED) is 0.669. The number of nitrogens with zero attached hydrogens (tertiary/aromatic N) is 2. The Labute approximate surface area is 121 Å². The molecule has 1 aromatic carbocycles. The van der Waals surface area contributed by atoms with E-state index in [4.69, 9.17) is 0 Å². The fourth-order valence-corrected chi connectivity index (χ4v) is 2.86. The van der Waals surface area contributed by atoms with Crippen LogP contribution in [0.2, 0.25) is 0 Å². The number of rotatable bonds is 1. The third-order valence-electron chi connectivity index (χ3n) is 3.79. The summed E-state index contributed by atoms with van der Waals surface area (Å²) in [7, 11) is 0. The number of fused-ring (bicyclic) bond motifs is 3. The molecule has 1 aliphatic rings. The lowest BCUT2D eigenvalue weighted by Crippen LogP contribution is -2.24. The Kier molecular flexibility index (Phi) is 2.45. The molecule has 102 valence electrons. The molecule has 0 fully saturated rings. The average molecular weight is 276 g/mol. The lowest BCUT2D eigenvalue weighted by Gasteiger charge is -2.20. The SMILES string of the molecule is OC1(O)c2cccnc2-c2nccc(-c3ccccc3)c21. The molecule has 0 spiro atoms. The number of hydrogen-bond acceptors (Lipinski definition) is 4. The minimum absolute atomic E-state index is 0.371. The van der Waals surface area contributed by atoms with Gasteiger partial charge in [-0.15, -0.1) is 0 Å². The predicted octanol–water partition coefficient (Wildman–Crippen LogP) is 2.31. The van der Waals surface area contributed by atoms with Crippen molar-refractivity contribution < 1.29 is 10.2 Å². The van der Waals surface area contributed by atoms with Crippen LogP contribution in [-0.4, -0.2) is 20.2 Å². The van der Waals surface area contributed by atoms with Crippen molar-refractivity contribution in [3.8, 4) is 22.5 Å². The number of aliphatic hydroxyl groups is 2. The first kappa shape index (κ1) is 12.2. The zero-order valence-electron chi connectivity index (χ0n) is 11.1. The fraction of sp³-hybridized carbons (Fsp3) is 0.0588. The van der Waals surface area contributed by atoms with Crippen molar-refractivity contribution in [1.29, 1.82) is 0 Å². The summed E-state index contributed by atoms with van der Waals surface area (Å²) in [6.07, 6.45) is 3.29. The molecular weight excluding hydrogens is 264 g/mol. The van der Waals surface area contributed by atoms with Gasteiger partial charge in [-0.1, -0.05) is 30.3 Å². The second-order valence-corrected chi connectivity index (χ2v) is 5.02. The summed E-state index contributed by atoms with van der Waals surface area (Å²) in [5.74, 6) is -2.07. The Bertz CT molecular complexity index is 829. The smallest absolute Gasteiger partial charge is 0.222 e. The Morgan fingerprint density at radius 3 is 2.33 bits per heavy atom. The van der Waals surface area contributed by atoms with Gasteiger partial charge in [0.2, 0.25) is 5.79 Å². The van der Waals surface area contributed by atoms with Crippen LogP contribution in [0.15, 0.2) is 60.9 Å². The zero-order valence-corrected chi connectivity index (χ0v) is 11.1. The first-order valence-corrected chi connectivity index (χ1v) is 6.65. The number of pyridine rings is 2. The standard InChI is InChI=1S/C17H12N2O2/c20-17(21)13-7-4-9-18-15(13)16-14(17)12(8-10-19-16)11-5-2-1-3-6-11/h1-10,20-21H. The monoisotopic (exact) mass is 276 g/mol. The number of hydrogen-bond donors (Lipinski definition) is 2. The molecule has 3 aromatic rings. The van der Waals surface area contributed by atoms with E-state index in [0.29, 0.717) is 22.5 Å². The topological polar surface area (TPSA) is 66.2 Å². The molecule has 0 unspecified atom stereocenters. The van der Waals surface area contributed by atoms with Crippen molar-refractivity contribution in [3.05, 3.63) is 72.1 Å². The molecule has 0 radical (unpaired) electrons. The van der Waals surface area contributed by atoms with Gasteiger partial charge in [0.25, 0.3) is 0 Å². The molecular formula is C17H12N2O2. The summed E-state index contributed by atoms with van der Waals surface area (Å²) in [6, 6.07) is 14.8. The van der Waals surface area contributed by atoms with Crippen molar-refractivity contribution in [3.63, 3.8) is 0 Å². The van der Waals surface area contributed by atoms with Crippen LogP contribution in [0.25, 0.3) is 22.5 Å². The van der Waals surface area contributed by atoms with E-state index in [1.807, 2.05) is 30.3 Å². The molecule has 21 heavy (non-hydrogen) atoms. The second kappa shape index (κ2) is 4.22. The summed E-state index contributed by atoms with van der Waals surface area (Å²) < 4.78 is 0. The first-order valence-electron chi connectivity index (χ1n) is 6.65. The molecule has 1 aliphatic carbocycles. The van der Waals surface area contributed by atoms with Crippen LogP contribution >= 0.6 is 0 Å². The molecule has 2 heterocycles. The highest BCUT2D eigenvalue weighted by Gasteiger charge is 2.43. The second-order valence-electron chi connectivity index (χ2n) is 5.02. The van der Waals surface area contributed by atoms with Crippen molar-refractivity contribution >= 4 is 0 Å². The van der Waals surface area contributed by atoms with E-state index >= 15 is 0 Å². The molecule has 0 bridgehead atoms. The van der Waals surface area contributed by atoms with Crippen LogP contribution in [0.5, 0.6) is 0 Å². The van der Waals surface area contributed by atoms with Gasteiger partial charge in [0, 0.05) is 18.0 Å². The highest BCUT2D eigenvalue weighted by Crippen LogP contribution is 2.47. The van der Waals surface area contributed by atoms with Gasteiger partial charge in [0.05, 0.1) is 17.0 Å². The minimum Gasteiger partial charge on any atom is -0.358 e. The van der Waals surface area contributed by atoms with Gasteiger partial charge in [-0.25, -0.2) is 0 Å². The highest BCUT2D eigenvalue weighted by molar-refractivity contribution is 5.82. The Morgan fingerprint density at radius 1 is 0.762 bits per heavy atom. The number of benzene rings is 1. The van der Waals surface area contributed by atoms with E-state index in [9.17, 15) is 10.2 Å². The van der Waals surface area contributed by atoms with Gasteiger partial charge < -0.3 is 10.2 Å². The third-order valence-corrected chi connectivity index (χ3v) is 3.79. The fourth-order valence-electron chi connectivity index (χ4n) is 2.86. The maximum atomic E-state index is 10.6. The summed E-state index contributed by atoms with van der Waals surface area (Å²) in [5.41, 5.74) is 3.48. The molecule has 0 amide bonds. The first-order chi connectivity index (χ1) is 10.2. The molecule has 0 atom stereocenters. The molecule has 2 aromatic heterocycles. The van der Waals surface area contributed by atoms with Gasteiger partial charge in [-0.3, -0.25) is 9.97 Å². The predicted molar refractivity (Wildman–Crippen MR) is 78.1 cm³/mol. The van der Waals surface area contributed by atoms with E-state index < -0.39 is 5.79 Å². The third kappa shape index (κ3) is 1.63. The molecule has 4 heteroatoms. The lowest BCUT2D eigenvalue weighted by molar-refractivity contribution is -0.128. The van der Waals surface area contributed by atoms with Crippen LogP contribution in [0.3, 0.4) is 0 Å². The molecule has 0 saturated carbocycles. The van der Waals surface area contributed by atoms with Gasteiger partial charge in [-0.05, 0) is 29.3 Å². The van der Waals surface area contributed by atoms with Crippen LogP contribution < -0.4 is 0 Å². The molecule has 0 saturated heterocycles. The van der Waals surface area contributed by atoms with E-state index in [1.165, 1.54) is 0 Å². The van der Waals surface area contributed by atoms with Gasteiger partial charge in [0.15, 0.2) is 0 Å². The van der Waals surface area contributed by atoms with Crippen molar-refractivity contribution in [2.24, 2.45) is 0 Å². The molecule has 4 rings (SSSR count). The molecule has 4 nitrogen and oxygen atoms in total. The largest absolute Gasteiger partial charge is 0.358 e. The van der Waals surface area contributed by atoms with E-state index in [2.05, 4.69) is 9.97 Å². The van der Waals surface area contributed by atoms with Crippen LogP contribution in [0.1, 0.15) is 11.1 Å². The Balaban J connectivity index is 2.06. The normalized spacial score (nSPS) is 14.6. The van der Waals surface area contributed by atoms with Crippen LogP contribution in [0.4, 0.5) is 0 Å². The van der Waals surface area contributed by atoms with Crippen molar-refractivity contribution in [2.75, 3.05) is 0 Å². The zero-order chi connectivity index (χ0) is 14.4. The van der Waals surface area contributed by atoms with E-state index in [0.717, 1.165) is 11.1 Å². The van der Waals surface area contributed by atoms with E-state index in [1.54, 1.807) is 30.6 Å². The van der Waals surface area contributed by atoms with Crippen molar-refractivity contribution in [1.82, 2.24) is 9.97 Å². The summed E-state index contributed by atoms with van der Waals surface area (Å²) in [5, 5.41) is 21.2. The van der Waals surface area contributed by atoms with Crippen LogP contribution in [0, 0.1) is 0 Å². The molecule has 2 N–H and O–H groups in total. The van der Waals surface area contributed by atoms with Gasteiger partial charge in [-0.2, -0.15) is 0 Å². The van der Waals surface area contributed by atoms with Crippen LogP contribution in [-0.2, 0) is 5.79 Å². The summed E-state index contributed by atoms with van der Waals surface area (Å²) in [4.78, 5) is 8.55. The van der Waals surface area contributed by atoms with Gasteiger partial charge >= 0.3 is 0 Å². The lowest BCUT2D eigenvalue weighted by atomic mass is 9.95.